The number of nitrogens with one attached hydrogen (secondary N) is 1. The highest BCUT2D eigenvalue weighted by Crippen LogP contribution is 2.37. The van der Waals surface area contributed by atoms with Crippen LogP contribution in [-0.4, -0.2) is 18.0 Å². The Hall–Kier alpha value is -3.01. The summed E-state index contributed by atoms with van der Waals surface area (Å²) in [5, 5.41) is 5.80. The van der Waals surface area contributed by atoms with Crippen LogP contribution in [0.5, 0.6) is 0 Å². The largest absolute Gasteiger partial charge is 0.329 e. The Labute approximate surface area is 174 Å². The van der Waals surface area contributed by atoms with Gasteiger partial charge in [-0.1, -0.05) is 17.7 Å². The zero-order valence-electron chi connectivity index (χ0n) is 15.2. The van der Waals surface area contributed by atoms with E-state index in [1.54, 1.807) is 6.07 Å². The van der Waals surface area contributed by atoms with Gasteiger partial charge in [0.15, 0.2) is 5.03 Å². The molecule has 0 spiro atoms. The molecule has 0 atom stereocenters. The SMILES string of the molecule is NS(=O)(=O)c1c(-c2ccc[nH]c2=O)c2cc(Cl)ccc2n1Cc1ccc(F)cc1F. The predicted molar refractivity (Wildman–Crippen MR) is 110 cm³/mol. The minimum absolute atomic E-state index is 0.0432. The number of hydrogen-bond donors (Lipinski definition) is 2. The molecule has 2 heterocycles. The average Bonchev–Trinajstić information content (AvgIpc) is 2.98. The lowest BCUT2D eigenvalue weighted by Gasteiger charge is -2.11. The van der Waals surface area contributed by atoms with E-state index >= 15 is 0 Å². The van der Waals surface area contributed by atoms with Crippen molar-refractivity contribution >= 4 is 32.5 Å². The Morgan fingerprint density at radius 2 is 1.87 bits per heavy atom. The van der Waals surface area contributed by atoms with Crippen LogP contribution in [0.4, 0.5) is 8.78 Å². The number of sulfonamides is 1. The molecule has 0 aliphatic rings. The second kappa shape index (κ2) is 7.35. The summed E-state index contributed by atoms with van der Waals surface area (Å²) in [6.45, 7) is -0.263. The van der Waals surface area contributed by atoms with Crippen LogP contribution in [0.1, 0.15) is 5.56 Å². The third-order valence-electron chi connectivity index (χ3n) is 4.68. The second-order valence-electron chi connectivity index (χ2n) is 6.62. The zero-order valence-corrected chi connectivity index (χ0v) is 16.8. The third kappa shape index (κ3) is 3.51. The van der Waals surface area contributed by atoms with Gasteiger partial charge in [0.05, 0.1) is 17.6 Å². The number of nitrogens with two attached hydrogens (primary N) is 1. The van der Waals surface area contributed by atoms with Crippen LogP contribution in [0, 0.1) is 11.6 Å². The van der Waals surface area contributed by atoms with Crippen molar-refractivity contribution < 1.29 is 17.2 Å². The summed E-state index contributed by atoms with van der Waals surface area (Å²) in [5.41, 5.74) is -0.00653. The van der Waals surface area contributed by atoms with Crippen LogP contribution in [0.3, 0.4) is 0 Å². The highest BCUT2D eigenvalue weighted by atomic mass is 35.5. The Balaban J connectivity index is 2.13. The molecular formula is C20H14ClF2N3O3S. The van der Waals surface area contributed by atoms with Crippen LogP contribution in [0.15, 0.2) is 64.5 Å². The van der Waals surface area contributed by atoms with Crippen molar-refractivity contribution in [1.29, 1.82) is 0 Å². The topological polar surface area (TPSA) is 98.0 Å². The molecule has 6 nitrogen and oxygen atoms in total. The maximum absolute atomic E-state index is 14.3. The van der Waals surface area contributed by atoms with Gasteiger partial charge in [-0.15, -0.1) is 0 Å². The van der Waals surface area contributed by atoms with Crippen molar-refractivity contribution in [2.75, 3.05) is 0 Å². The quantitative estimate of drug-likeness (QED) is 0.497. The Morgan fingerprint density at radius 1 is 1.10 bits per heavy atom. The molecule has 0 aliphatic carbocycles. The molecular weight excluding hydrogens is 436 g/mol. The standard InChI is InChI=1S/C20H14ClF2N3O3S/c21-12-4-6-17-15(8-12)18(14-2-1-7-25-19(14)27)20(30(24,28)29)26(17)10-11-3-5-13(22)9-16(11)23/h1-9H,10H2,(H,25,27)(H2,24,28,29). The molecule has 4 rings (SSSR count). The number of rotatable bonds is 4. The van der Waals surface area contributed by atoms with E-state index in [0.29, 0.717) is 22.0 Å². The summed E-state index contributed by atoms with van der Waals surface area (Å²) in [6, 6.07) is 10.6. The monoisotopic (exact) mass is 449 g/mol. The number of halogens is 3. The maximum atomic E-state index is 14.3. The van der Waals surface area contributed by atoms with Crippen LogP contribution in [0.2, 0.25) is 5.02 Å². The van der Waals surface area contributed by atoms with Crippen molar-refractivity contribution in [2.24, 2.45) is 5.14 Å². The minimum Gasteiger partial charge on any atom is -0.329 e. The van der Waals surface area contributed by atoms with Gasteiger partial charge in [0, 0.05) is 33.8 Å². The first kappa shape index (κ1) is 20.3. The number of aromatic amines is 1. The summed E-state index contributed by atoms with van der Waals surface area (Å²) in [5.74, 6) is -1.60. The van der Waals surface area contributed by atoms with E-state index in [2.05, 4.69) is 4.98 Å². The van der Waals surface area contributed by atoms with Gasteiger partial charge in [-0.25, -0.2) is 22.3 Å². The highest BCUT2D eigenvalue weighted by molar-refractivity contribution is 7.89. The Morgan fingerprint density at radius 3 is 2.53 bits per heavy atom. The third-order valence-corrected chi connectivity index (χ3v) is 5.88. The molecule has 10 heteroatoms. The molecule has 154 valence electrons. The van der Waals surface area contributed by atoms with Gasteiger partial charge in [0.2, 0.25) is 0 Å². The molecule has 0 bridgehead atoms. The first-order valence-corrected chi connectivity index (χ1v) is 10.6. The van der Waals surface area contributed by atoms with E-state index < -0.39 is 27.2 Å². The molecule has 3 N–H and O–H groups in total. The zero-order chi connectivity index (χ0) is 21.6. The number of pyridine rings is 1. The maximum Gasteiger partial charge on any atom is 0.255 e. The van der Waals surface area contributed by atoms with Gasteiger partial charge in [-0.2, -0.15) is 0 Å². The van der Waals surface area contributed by atoms with Crippen LogP contribution in [0.25, 0.3) is 22.0 Å². The molecule has 2 aromatic heterocycles. The first-order chi connectivity index (χ1) is 14.2. The molecule has 4 aromatic rings. The van der Waals surface area contributed by atoms with E-state index in [1.807, 2.05) is 0 Å². The fraction of sp³-hybridized carbons (Fsp3) is 0.0500. The molecule has 30 heavy (non-hydrogen) atoms. The van der Waals surface area contributed by atoms with Gasteiger partial charge in [-0.3, -0.25) is 4.79 Å². The number of aromatic nitrogens is 2. The molecule has 0 amide bonds. The molecule has 0 fully saturated rings. The van der Waals surface area contributed by atoms with E-state index in [-0.39, 0.29) is 28.3 Å². The number of fused-ring (bicyclic) bond motifs is 1. The number of primary sulfonamides is 1. The molecule has 0 saturated carbocycles. The normalized spacial score (nSPS) is 11.9. The van der Waals surface area contributed by atoms with E-state index in [0.717, 1.165) is 6.07 Å². The first-order valence-electron chi connectivity index (χ1n) is 8.63. The van der Waals surface area contributed by atoms with Crippen molar-refractivity contribution in [1.82, 2.24) is 9.55 Å². The number of hydrogen-bond acceptors (Lipinski definition) is 3. The van der Waals surface area contributed by atoms with E-state index in [9.17, 15) is 22.0 Å². The smallest absolute Gasteiger partial charge is 0.255 e. The fourth-order valence-corrected chi connectivity index (χ4v) is 4.60. The van der Waals surface area contributed by atoms with Crippen LogP contribution < -0.4 is 10.7 Å². The van der Waals surface area contributed by atoms with Crippen LogP contribution in [-0.2, 0) is 16.6 Å². The molecule has 0 radical (unpaired) electrons. The second-order valence-corrected chi connectivity index (χ2v) is 8.53. The van der Waals surface area contributed by atoms with E-state index in [4.69, 9.17) is 16.7 Å². The predicted octanol–water partition coefficient (Wildman–Crippen LogP) is 3.62. The van der Waals surface area contributed by atoms with Gasteiger partial charge in [0.1, 0.15) is 11.6 Å². The number of benzene rings is 2. The van der Waals surface area contributed by atoms with Crippen molar-refractivity contribution in [2.45, 2.75) is 11.6 Å². The van der Waals surface area contributed by atoms with Gasteiger partial charge in [0.25, 0.3) is 15.6 Å². The Bertz CT molecular complexity index is 1460. The van der Waals surface area contributed by atoms with E-state index in [1.165, 1.54) is 41.1 Å². The lowest BCUT2D eigenvalue weighted by atomic mass is 10.1. The number of nitrogens with zero attached hydrogens (tertiary/aromatic N) is 1. The summed E-state index contributed by atoms with van der Waals surface area (Å²) < 4.78 is 54.1. The van der Waals surface area contributed by atoms with Crippen molar-refractivity contribution in [3.05, 3.63) is 87.3 Å². The molecule has 2 aromatic carbocycles. The minimum atomic E-state index is -4.37. The van der Waals surface area contributed by atoms with Crippen molar-refractivity contribution in [3.8, 4) is 11.1 Å². The summed E-state index contributed by atoms with van der Waals surface area (Å²) in [7, 11) is -4.37. The molecule has 0 saturated heterocycles. The molecule has 0 aliphatic heterocycles. The average molecular weight is 450 g/mol. The summed E-state index contributed by atoms with van der Waals surface area (Å²) >= 11 is 6.12. The Kier molecular flexibility index (Phi) is 4.97. The van der Waals surface area contributed by atoms with Crippen LogP contribution >= 0.6 is 11.6 Å². The van der Waals surface area contributed by atoms with Gasteiger partial charge < -0.3 is 9.55 Å². The lowest BCUT2D eigenvalue weighted by Crippen LogP contribution is -2.20. The van der Waals surface area contributed by atoms with Gasteiger partial charge in [-0.05, 0) is 36.4 Å². The highest BCUT2D eigenvalue weighted by Gasteiger charge is 2.28. The number of H-pyrrole nitrogens is 1. The lowest BCUT2D eigenvalue weighted by molar-refractivity contribution is 0.558. The molecule has 0 unspecified atom stereocenters. The fourth-order valence-electron chi connectivity index (χ4n) is 3.46. The summed E-state index contributed by atoms with van der Waals surface area (Å²) in [6.07, 6.45) is 1.41. The van der Waals surface area contributed by atoms with Crippen molar-refractivity contribution in [3.63, 3.8) is 0 Å². The van der Waals surface area contributed by atoms with Gasteiger partial charge >= 0.3 is 0 Å². The summed E-state index contributed by atoms with van der Waals surface area (Å²) in [4.78, 5) is 14.9.